The van der Waals surface area contributed by atoms with Crippen LogP contribution in [0.1, 0.15) is 30.3 Å². The van der Waals surface area contributed by atoms with Gasteiger partial charge in [0.2, 0.25) is 0 Å². The van der Waals surface area contributed by atoms with Gasteiger partial charge in [-0.1, -0.05) is 55.8 Å². The molecule has 2 rings (SSSR count). The molecule has 96 valence electrons. The third-order valence-corrected chi connectivity index (χ3v) is 4.58. The van der Waals surface area contributed by atoms with Crippen molar-refractivity contribution < 1.29 is 0 Å². The standard InChI is InChI=1S/C14H17ClN2S/c1-14(2,10-6-4-3-5-7-10)13(17-16)11-8-9-12(15)18-11/h3-9,13,17H,16H2,1-2H3. The number of hydrogen-bond acceptors (Lipinski definition) is 3. The van der Waals surface area contributed by atoms with Crippen LogP contribution in [0.25, 0.3) is 0 Å². The van der Waals surface area contributed by atoms with Crippen molar-refractivity contribution in [2.45, 2.75) is 25.3 Å². The molecule has 3 N–H and O–H groups in total. The van der Waals surface area contributed by atoms with Gasteiger partial charge >= 0.3 is 0 Å². The normalized spacial score (nSPS) is 13.6. The maximum atomic E-state index is 6.01. The Kier molecular flexibility index (Phi) is 4.07. The summed E-state index contributed by atoms with van der Waals surface area (Å²) in [5.41, 5.74) is 4.06. The third kappa shape index (κ3) is 2.59. The van der Waals surface area contributed by atoms with E-state index in [1.807, 2.05) is 30.3 Å². The molecule has 0 aliphatic rings. The summed E-state index contributed by atoms with van der Waals surface area (Å²) in [6.07, 6.45) is 0. The van der Waals surface area contributed by atoms with Crippen LogP contribution < -0.4 is 11.3 Å². The molecule has 18 heavy (non-hydrogen) atoms. The van der Waals surface area contributed by atoms with Gasteiger partial charge in [-0.2, -0.15) is 0 Å². The van der Waals surface area contributed by atoms with E-state index in [0.29, 0.717) is 0 Å². The van der Waals surface area contributed by atoms with Crippen molar-refractivity contribution in [3.63, 3.8) is 0 Å². The SMILES string of the molecule is CC(C)(c1ccccc1)C(NN)c1ccc(Cl)s1. The second-order valence-corrected chi connectivity index (χ2v) is 6.58. The highest BCUT2D eigenvalue weighted by atomic mass is 35.5. The van der Waals surface area contributed by atoms with Crippen LogP contribution in [0.15, 0.2) is 42.5 Å². The first-order valence-corrected chi connectivity index (χ1v) is 7.02. The third-order valence-electron chi connectivity index (χ3n) is 3.28. The smallest absolute Gasteiger partial charge is 0.0931 e. The Bertz CT molecular complexity index is 508. The number of benzene rings is 1. The first kappa shape index (κ1) is 13.6. The Morgan fingerprint density at radius 3 is 2.33 bits per heavy atom. The van der Waals surface area contributed by atoms with Crippen molar-refractivity contribution in [2.75, 3.05) is 0 Å². The highest BCUT2D eigenvalue weighted by molar-refractivity contribution is 7.16. The molecule has 1 atom stereocenters. The van der Waals surface area contributed by atoms with E-state index >= 15 is 0 Å². The van der Waals surface area contributed by atoms with Gasteiger partial charge in [0.05, 0.1) is 10.4 Å². The van der Waals surface area contributed by atoms with Gasteiger partial charge in [0, 0.05) is 10.3 Å². The minimum Gasteiger partial charge on any atom is -0.271 e. The lowest BCUT2D eigenvalue weighted by Crippen LogP contribution is -2.40. The second kappa shape index (κ2) is 5.41. The number of thiophene rings is 1. The molecule has 1 unspecified atom stereocenters. The van der Waals surface area contributed by atoms with Crippen LogP contribution in [0.5, 0.6) is 0 Å². The quantitative estimate of drug-likeness (QED) is 0.659. The zero-order chi connectivity index (χ0) is 13.2. The van der Waals surface area contributed by atoms with E-state index in [0.717, 1.165) is 9.21 Å². The van der Waals surface area contributed by atoms with Gasteiger partial charge in [-0.15, -0.1) is 11.3 Å². The first-order valence-electron chi connectivity index (χ1n) is 5.82. The highest BCUT2D eigenvalue weighted by Gasteiger charge is 2.32. The second-order valence-electron chi connectivity index (χ2n) is 4.83. The van der Waals surface area contributed by atoms with Gasteiger partial charge in [-0.3, -0.25) is 11.3 Å². The fourth-order valence-electron chi connectivity index (χ4n) is 2.16. The molecule has 0 spiro atoms. The monoisotopic (exact) mass is 280 g/mol. The molecule has 1 heterocycles. The van der Waals surface area contributed by atoms with E-state index in [1.165, 1.54) is 5.56 Å². The number of hydrogen-bond donors (Lipinski definition) is 2. The van der Waals surface area contributed by atoms with E-state index < -0.39 is 0 Å². The minimum atomic E-state index is -0.107. The topological polar surface area (TPSA) is 38.0 Å². The summed E-state index contributed by atoms with van der Waals surface area (Å²) in [5, 5.41) is 0. The van der Waals surface area contributed by atoms with Crippen LogP contribution in [0.3, 0.4) is 0 Å². The number of hydrazine groups is 1. The summed E-state index contributed by atoms with van der Waals surface area (Å²) in [6.45, 7) is 4.36. The summed E-state index contributed by atoms with van der Waals surface area (Å²) in [4.78, 5) is 1.15. The Hall–Kier alpha value is -0.870. The van der Waals surface area contributed by atoms with Crippen molar-refractivity contribution in [1.82, 2.24) is 5.43 Å². The highest BCUT2D eigenvalue weighted by Crippen LogP contribution is 2.39. The summed E-state index contributed by atoms with van der Waals surface area (Å²) in [6, 6.07) is 14.3. The Labute approximate surface area is 117 Å². The van der Waals surface area contributed by atoms with Crippen LogP contribution in [-0.2, 0) is 5.41 Å². The molecule has 0 radical (unpaired) electrons. The lowest BCUT2D eigenvalue weighted by Gasteiger charge is -2.33. The number of nitrogens with two attached hydrogens (primary N) is 1. The minimum absolute atomic E-state index is 0.0393. The Morgan fingerprint density at radius 2 is 1.83 bits per heavy atom. The van der Waals surface area contributed by atoms with E-state index in [9.17, 15) is 0 Å². The molecule has 2 nitrogen and oxygen atoms in total. The van der Waals surface area contributed by atoms with Gasteiger partial charge in [0.15, 0.2) is 0 Å². The molecule has 0 aliphatic carbocycles. The zero-order valence-corrected chi connectivity index (χ0v) is 12.1. The van der Waals surface area contributed by atoms with Crippen LogP contribution in [0.4, 0.5) is 0 Å². The largest absolute Gasteiger partial charge is 0.271 e. The molecule has 0 fully saturated rings. The van der Waals surface area contributed by atoms with Crippen molar-refractivity contribution in [3.8, 4) is 0 Å². The average molecular weight is 281 g/mol. The molecule has 0 saturated carbocycles. The molecule has 0 aliphatic heterocycles. The van der Waals surface area contributed by atoms with E-state index in [4.69, 9.17) is 17.4 Å². The van der Waals surface area contributed by atoms with E-state index in [1.54, 1.807) is 11.3 Å². The molecule has 0 saturated heterocycles. The summed E-state index contributed by atoms with van der Waals surface area (Å²) in [5.74, 6) is 5.75. The average Bonchev–Trinajstić information content (AvgIpc) is 2.77. The van der Waals surface area contributed by atoms with E-state index in [-0.39, 0.29) is 11.5 Å². The number of halogens is 1. The molecule has 1 aromatic carbocycles. The van der Waals surface area contributed by atoms with Crippen molar-refractivity contribution in [2.24, 2.45) is 5.84 Å². The number of nitrogens with one attached hydrogen (secondary N) is 1. The lowest BCUT2D eigenvalue weighted by atomic mass is 9.77. The van der Waals surface area contributed by atoms with Crippen LogP contribution in [0, 0.1) is 0 Å². The maximum absolute atomic E-state index is 6.01. The molecular weight excluding hydrogens is 264 g/mol. The van der Waals surface area contributed by atoms with Gasteiger partial charge < -0.3 is 0 Å². The fraction of sp³-hybridized carbons (Fsp3) is 0.286. The maximum Gasteiger partial charge on any atom is 0.0931 e. The van der Waals surface area contributed by atoms with Crippen molar-refractivity contribution in [3.05, 3.63) is 57.2 Å². The molecular formula is C14H17ClN2S. The summed E-state index contributed by atoms with van der Waals surface area (Å²) in [7, 11) is 0. The van der Waals surface area contributed by atoms with Gasteiger partial charge in [0.1, 0.15) is 0 Å². The van der Waals surface area contributed by atoms with Gasteiger partial charge in [0.25, 0.3) is 0 Å². The molecule has 2 aromatic rings. The van der Waals surface area contributed by atoms with Crippen molar-refractivity contribution in [1.29, 1.82) is 0 Å². The fourth-order valence-corrected chi connectivity index (χ4v) is 3.47. The Balaban J connectivity index is 2.38. The van der Waals surface area contributed by atoms with Gasteiger partial charge in [-0.25, -0.2) is 0 Å². The lowest BCUT2D eigenvalue weighted by molar-refractivity contribution is 0.358. The zero-order valence-electron chi connectivity index (χ0n) is 10.5. The molecule has 4 heteroatoms. The summed E-state index contributed by atoms with van der Waals surface area (Å²) >= 11 is 7.57. The van der Waals surface area contributed by atoms with E-state index in [2.05, 4.69) is 31.4 Å². The van der Waals surface area contributed by atoms with Crippen LogP contribution in [0.2, 0.25) is 4.34 Å². The van der Waals surface area contributed by atoms with Crippen LogP contribution in [-0.4, -0.2) is 0 Å². The molecule has 0 bridgehead atoms. The predicted octanol–water partition coefficient (Wildman–Crippen LogP) is 3.88. The molecule has 0 amide bonds. The Morgan fingerprint density at radius 1 is 1.17 bits per heavy atom. The van der Waals surface area contributed by atoms with Crippen LogP contribution >= 0.6 is 22.9 Å². The van der Waals surface area contributed by atoms with Gasteiger partial charge in [-0.05, 0) is 17.7 Å². The number of rotatable bonds is 4. The van der Waals surface area contributed by atoms with Crippen molar-refractivity contribution >= 4 is 22.9 Å². The molecule has 1 aromatic heterocycles. The predicted molar refractivity (Wildman–Crippen MR) is 78.9 cm³/mol. The first-order chi connectivity index (χ1) is 8.55. The summed E-state index contributed by atoms with van der Waals surface area (Å²) < 4.78 is 0.786.